The lowest BCUT2D eigenvalue weighted by molar-refractivity contribution is 0.131. The van der Waals surface area contributed by atoms with Crippen molar-refractivity contribution in [3.63, 3.8) is 0 Å². The summed E-state index contributed by atoms with van der Waals surface area (Å²) in [5.41, 5.74) is 0.690. The second-order valence-corrected chi connectivity index (χ2v) is 4.57. The highest BCUT2D eigenvalue weighted by Gasteiger charge is 2.18. The zero-order chi connectivity index (χ0) is 12.6. The summed E-state index contributed by atoms with van der Waals surface area (Å²) in [6.07, 6.45) is -0.508. The van der Waals surface area contributed by atoms with Gasteiger partial charge in [0.05, 0.1) is 19.8 Å². The van der Waals surface area contributed by atoms with Crippen LogP contribution < -0.4 is 5.32 Å². The van der Waals surface area contributed by atoms with Crippen molar-refractivity contribution in [3.05, 3.63) is 30.3 Å². The lowest BCUT2D eigenvalue weighted by atomic mass is 10.3. The normalized spacial score (nSPS) is 15.6. The van der Waals surface area contributed by atoms with Crippen LogP contribution in [0, 0.1) is 0 Å². The molecule has 1 aromatic carbocycles. The molecule has 1 heterocycles. The molecule has 0 spiro atoms. The molecule has 0 saturated carbocycles. The third-order valence-corrected chi connectivity index (χ3v) is 3.19. The molecule has 1 aliphatic heterocycles. The summed E-state index contributed by atoms with van der Waals surface area (Å²) in [7, 11) is -1.24. The number of rotatable bonds is 5. The second kappa shape index (κ2) is 7.28. The van der Waals surface area contributed by atoms with Gasteiger partial charge in [-0.3, -0.25) is 5.32 Å². The molecule has 1 N–H and O–H groups in total. The molecular weight excluding hydrogens is 257 g/mol. The van der Waals surface area contributed by atoms with Gasteiger partial charge >= 0.3 is 14.7 Å². The molecule has 0 aliphatic carbocycles. The van der Waals surface area contributed by atoms with Crippen molar-refractivity contribution in [3.8, 4) is 0 Å². The van der Waals surface area contributed by atoms with E-state index in [0.717, 1.165) is 0 Å². The van der Waals surface area contributed by atoms with Gasteiger partial charge in [-0.2, -0.15) is 0 Å². The first-order valence-corrected chi connectivity index (χ1v) is 6.62. The Morgan fingerprint density at radius 2 is 1.94 bits per heavy atom. The fourth-order valence-electron chi connectivity index (χ4n) is 1.26. The number of benzene rings is 1. The van der Waals surface area contributed by atoms with Crippen molar-refractivity contribution in [2.45, 2.75) is 0 Å². The van der Waals surface area contributed by atoms with E-state index in [1.54, 1.807) is 12.1 Å². The van der Waals surface area contributed by atoms with Crippen molar-refractivity contribution in [2.75, 3.05) is 31.7 Å². The predicted octanol–water partition coefficient (Wildman–Crippen LogP) is 2.53. The quantitative estimate of drug-likeness (QED) is 0.658. The van der Waals surface area contributed by atoms with E-state index < -0.39 is 14.7 Å². The van der Waals surface area contributed by atoms with E-state index in [4.69, 9.17) is 18.3 Å². The molecule has 0 aromatic heterocycles. The summed E-state index contributed by atoms with van der Waals surface area (Å²) < 4.78 is 20.4. The number of nitrogens with one attached hydrogen (secondary N) is 1. The second-order valence-electron chi connectivity index (χ2n) is 3.35. The summed E-state index contributed by atoms with van der Waals surface area (Å²) >= 11 is 0. The minimum atomic E-state index is -1.24. The minimum absolute atomic E-state index is 0.157. The van der Waals surface area contributed by atoms with Gasteiger partial charge < -0.3 is 18.3 Å². The highest BCUT2D eigenvalue weighted by atomic mass is 31.2. The number of amides is 1. The van der Waals surface area contributed by atoms with Crippen molar-refractivity contribution in [1.82, 2.24) is 0 Å². The molecule has 0 unspecified atom stereocenters. The fourth-order valence-corrected chi connectivity index (χ4v) is 2.15. The number of ether oxygens (including phenoxy) is 1. The largest absolute Gasteiger partial charge is 0.447 e. The third kappa shape index (κ3) is 4.58. The maximum atomic E-state index is 11.4. The molecule has 6 nitrogen and oxygen atoms in total. The number of carbonyl (C=O) groups excluding carboxylic acids is 1. The molecule has 0 radical (unpaired) electrons. The van der Waals surface area contributed by atoms with Crippen LogP contribution in [0.2, 0.25) is 0 Å². The Morgan fingerprint density at radius 3 is 2.67 bits per heavy atom. The molecular formula is C11H14NO5P. The van der Waals surface area contributed by atoms with Crippen LogP contribution >= 0.6 is 8.60 Å². The average molecular weight is 271 g/mol. The SMILES string of the molecule is O=C(Nc1ccccc1)OCCOP1OCCO1. The Balaban J connectivity index is 1.57. The van der Waals surface area contributed by atoms with Gasteiger partial charge in [-0.25, -0.2) is 4.79 Å². The topological polar surface area (TPSA) is 66.0 Å². The van der Waals surface area contributed by atoms with Gasteiger partial charge in [-0.1, -0.05) is 18.2 Å². The van der Waals surface area contributed by atoms with Crippen LogP contribution in [0.4, 0.5) is 10.5 Å². The minimum Gasteiger partial charge on any atom is -0.447 e. The van der Waals surface area contributed by atoms with Crippen molar-refractivity contribution >= 4 is 20.4 Å². The molecule has 1 aromatic rings. The molecule has 1 aliphatic rings. The number of para-hydroxylation sites is 1. The molecule has 1 amide bonds. The van der Waals surface area contributed by atoms with Crippen LogP contribution in [-0.2, 0) is 18.3 Å². The van der Waals surface area contributed by atoms with E-state index in [2.05, 4.69) is 5.32 Å². The van der Waals surface area contributed by atoms with Crippen LogP contribution in [0.3, 0.4) is 0 Å². The smallest absolute Gasteiger partial charge is 0.411 e. The number of hydrogen-bond donors (Lipinski definition) is 1. The molecule has 1 fully saturated rings. The average Bonchev–Trinajstić information content (AvgIpc) is 2.89. The summed E-state index contributed by atoms with van der Waals surface area (Å²) in [4.78, 5) is 11.4. The van der Waals surface area contributed by atoms with Crippen LogP contribution in [-0.4, -0.2) is 32.5 Å². The lowest BCUT2D eigenvalue weighted by Crippen LogP contribution is -2.16. The maximum Gasteiger partial charge on any atom is 0.411 e. The molecule has 0 bridgehead atoms. The van der Waals surface area contributed by atoms with Crippen molar-refractivity contribution in [2.24, 2.45) is 0 Å². The van der Waals surface area contributed by atoms with E-state index >= 15 is 0 Å². The number of anilines is 1. The van der Waals surface area contributed by atoms with E-state index in [1.807, 2.05) is 18.2 Å². The Labute approximate surface area is 106 Å². The van der Waals surface area contributed by atoms with E-state index in [-0.39, 0.29) is 13.2 Å². The van der Waals surface area contributed by atoms with Crippen LogP contribution in [0.5, 0.6) is 0 Å². The number of carbonyl (C=O) groups is 1. The first-order chi connectivity index (χ1) is 8.84. The van der Waals surface area contributed by atoms with Crippen molar-refractivity contribution in [1.29, 1.82) is 0 Å². The summed E-state index contributed by atoms with van der Waals surface area (Å²) in [6.45, 7) is 1.53. The molecule has 0 atom stereocenters. The van der Waals surface area contributed by atoms with E-state index in [9.17, 15) is 4.79 Å². The Hall–Kier alpha value is -1.20. The summed E-state index contributed by atoms with van der Waals surface area (Å²) in [5.74, 6) is 0. The Kier molecular flexibility index (Phi) is 5.36. The first kappa shape index (κ1) is 13.2. The van der Waals surface area contributed by atoms with Crippen LogP contribution in [0.25, 0.3) is 0 Å². The molecule has 18 heavy (non-hydrogen) atoms. The molecule has 7 heteroatoms. The van der Waals surface area contributed by atoms with Gasteiger partial charge in [0.15, 0.2) is 0 Å². The van der Waals surface area contributed by atoms with Crippen LogP contribution in [0.1, 0.15) is 0 Å². The van der Waals surface area contributed by atoms with E-state index in [1.165, 1.54) is 0 Å². The zero-order valence-corrected chi connectivity index (χ0v) is 10.6. The Morgan fingerprint density at radius 1 is 1.22 bits per heavy atom. The van der Waals surface area contributed by atoms with Crippen LogP contribution in [0.15, 0.2) is 30.3 Å². The monoisotopic (exact) mass is 271 g/mol. The molecule has 1 saturated heterocycles. The third-order valence-electron chi connectivity index (χ3n) is 2.01. The lowest BCUT2D eigenvalue weighted by Gasteiger charge is -2.09. The summed E-state index contributed by atoms with van der Waals surface area (Å²) in [5, 5.41) is 2.60. The maximum absolute atomic E-state index is 11.4. The number of hydrogen-bond acceptors (Lipinski definition) is 5. The first-order valence-electron chi connectivity index (χ1n) is 5.52. The highest BCUT2D eigenvalue weighted by Crippen LogP contribution is 2.43. The predicted molar refractivity (Wildman–Crippen MR) is 66.2 cm³/mol. The highest BCUT2D eigenvalue weighted by molar-refractivity contribution is 7.41. The van der Waals surface area contributed by atoms with Crippen molar-refractivity contribution < 1.29 is 23.1 Å². The zero-order valence-electron chi connectivity index (χ0n) is 9.70. The standard InChI is InChI=1S/C11H14NO5P/c13-11(12-10-4-2-1-3-5-10)14-6-7-15-18-16-8-9-17-18/h1-5H,6-9H2,(H,12,13). The van der Waals surface area contributed by atoms with Gasteiger partial charge in [0, 0.05) is 5.69 Å². The Bertz CT molecular complexity index is 369. The van der Waals surface area contributed by atoms with Gasteiger partial charge in [0.25, 0.3) is 0 Å². The van der Waals surface area contributed by atoms with Gasteiger partial charge in [0.2, 0.25) is 0 Å². The van der Waals surface area contributed by atoms with Gasteiger partial charge in [-0.05, 0) is 12.1 Å². The summed E-state index contributed by atoms with van der Waals surface area (Å²) in [6, 6.07) is 9.09. The molecule has 98 valence electrons. The van der Waals surface area contributed by atoms with Gasteiger partial charge in [-0.15, -0.1) is 0 Å². The van der Waals surface area contributed by atoms with E-state index in [0.29, 0.717) is 18.9 Å². The molecule has 2 rings (SSSR count). The fraction of sp³-hybridized carbons (Fsp3) is 0.364. The van der Waals surface area contributed by atoms with Gasteiger partial charge in [0.1, 0.15) is 6.61 Å².